The number of methoxy groups -OCH3 is 1. The first-order chi connectivity index (χ1) is 9.79. The topological polar surface area (TPSA) is 38.5 Å². The lowest BCUT2D eigenvalue weighted by molar-refractivity contribution is -0.176. The number of hydrogen-bond acceptors (Lipinski definition) is 3. The minimum Gasteiger partial charge on any atom is -0.496 e. The zero-order valence-electron chi connectivity index (χ0n) is 12.7. The Morgan fingerprint density at radius 3 is 2.43 bits per heavy atom. The van der Waals surface area contributed by atoms with Gasteiger partial charge in [0.25, 0.3) is 0 Å². The highest BCUT2D eigenvalue weighted by atomic mass is 19.4. The number of nitrogens with zero attached hydrogens (tertiary/aromatic N) is 1. The van der Waals surface area contributed by atoms with Crippen LogP contribution in [-0.4, -0.2) is 44.4 Å². The van der Waals surface area contributed by atoms with Gasteiger partial charge >= 0.3 is 6.18 Å². The molecular formula is C15H23F3N2O. The molecule has 0 aromatic heterocycles. The van der Waals surface area contributed by atoms with Gasteiger partial charge in [0.2, 0.25) is 0 Å². The zero-order valence-corrected chi connectivity index (χ0v) is 12.7. The maximum atomic E-state index is 12.8. The van der Waals surface area contributed by atoms with Crippen molar-refractivity contribution in [3.05, 3.63) is 29.8 Å². The summed E-state index contributed by atoms with van der Waals surface area (Å²) in [5, 5.41) is 0. The average Bonchev–Trinajstić information content (AvgIpc) is 2.43. The largest absolute Gasteiger partial charge is 0.496 e. The molecule has 1 aromatic carbocycles. The van der Waals surface area contributed by atoms with E-state index in [4.69, 9.17) is 10.5 Å². The molecule has 0 radical (unpaired) electrons. The minimum atomic E-state index is -4.26. The second-order valence-corrected chi connectivity index (χ2v) is 5.28. The molecule has 0 saturated heterocycles. The average molecular weight is 304 g/mol. The Labute approximate surface area is 123 Å². The van der Waals surface area contributed by atoms with Gasteiger partial charge in [-0.25, -0.2) is 0 Å². The van der Waals surface area contributed by atoms with Crippen LogP contribution in [-0.2, 0) is 6.42 Å². The lowest BCUT2D eigenvalue weighted by Crippen LogP contribution is -2.43. The second-order valence-electron chi connectivity index (χ2n) is 5.28. The van der Waals surface area contributed by atoms with Crippen molar-refractivity contribution in [1.29, 1.82) is 0 Å². The van der Waals surface area contributed by atoms with Gasteiger partial charge in [0, 0.05) is 19.1 Å². The Balaban J connectivity index is 2.68. The van der Waals surface area contributed by atoms with Crippen LogP contribution in [0.15, 0.2) is 24.3 Å². The van der Waals surface area contributed by atoms with E-state index in [0.717, 1.165) is 11.3 Å². The second kappa shape index (κ2) is 7.66. The van der Waals surface area contributed by atoms with E-state index in [-0.39, 0.29) is 12.6 Å². The molecule has 0 spiro atoms. The number of benzene rings is 1. The number of ether oxygens (including phenoxy) is 1. The van der Waals surface area contributed by atoms with Crippen LogP contribution in [0, 0.1) is 5.92 Å². The smallest absolute Gasteiger partial charge is 0.394 e. The molecule has 0 heterocycles. The van der Waals surface area contributed by atoms with Gasteiger partial charge in [-0.15, -0.1) is 0 Å². The van der Waals surface area contributed by atoms with E-state index in [9.17, 15) is 13.2 Å². The molecule has 0 aliphatic rings. The molecule has 120 valence electrons. The number of likely N-dealkylation sites (N-methyl/N-ethyl adjacent to an activating group) is 1. The van der Waals surface area contributed by atoms with Gasteiger partial charge in [-0.3, -0.25) is 0 Å². The molecule has 1 rings (SSSR count). The van der Waals surface area contributed by atoms with Crippen LogP contribution < -0.4 is 10.5 Å². The lowest BCUT2D eigenvalue weighted by Gasteiger charge is -2.30. The maximum Gasteiger partial charge on any atom is 0.394 e. The van der Waals surface area contributed by atoms with Crippen LogP contribution in [0.4, 0.5) is 13.2 Å². The molecule has 1 aromatic rings. The van der Waals surface area contributed by atoms with Crippen molar-refractivity contribution in [2.45, 2.75) is 25.6 Å². The van der Waals surface area contributed by atoms with E-state index in [1.165, 1.54) is 0 Å². The number of halogens is 3. The standard InChI is InChI=1S/C15H23F3N2O/c1-11(8-12-6-4-5-7-14(12)21-3)20(2)10-13(9-19)15(16,17)18/h4-7,11,13H,8-10,19H2,1-3H3. The summed E-state index contributed by atoms with van der Waals surface area (Å²) in [7, 11) is 3.27. The third kappa shape index (κ3) is 5.21. The monoisotopic (exact) mass is 304 g/mol. The molecule has 3 nitrogen and oxygen atoms in total. The fourth-order valence-electron chi connectivity index (χ4n) is 2.18. The molecule has 2 unspecified atom stereocenters. The zero-order chi connectivity index (χ0) is 16.0. The summed E-state index contributed by atoms with van der Waals surface area (Å²) in [5.41, 5.74) is 6.22. The quantitative estimate of drug-likeness (QED) is 0.842. The van der Waals surface area contributed by atoms with Gasteiger partial charge in [-0.05, 0) is 32.0 Å². The van der Waals surface area contributed by atoms with Crippen molar-refractivity contribution >= 4 is 0 Å². The predicted octanol–water partition coefficient (Wildman–Crippen LogP) is 2.70. The van der Waals surface area contributed by atoms with E-state index >= 15 is 0 Å². The number of hydrogen-bond donors (Lipinski definition) is 1. The highest BCUT2D eigenvalue weighted by Crippen LogP contribution is 2.27. The van der Waals surface area contributed by atoms with Gasteiger partial charge in [-0.2, -0.15) is 13.2 Å². The summed E-state index contributed by atoms with van der Waals surface area (Å²) in [6.07, 6.45) is -3.64. The molecule has 21 heavy (non-hydrogen) atoms. The first-order valence-electron chi connectivity index (χ1n) is 6.88. The van der Waals surface area contributed by atoms with E-state index in [1.807, 2.05) is 31.2 Å². The highest BCUT2D eigenvalue weighted by molar-refractivity contribution is 5.33. The van der Waals surface area contributed by atoms with Crippen LogP contribution in [0.2, 0.25) is 0 Å². The predicted molar refractivity (Wildman–Crippen MR) is 77.4 cm³/mol. The van der Waals surface area contributed by atoms with Crippen LogP contribution >= 0.6 is 0 Å². The maximum absolute atomic E-state index is 12.8. The van der Waals surface area contributed by atoms with Crippen molar-refractivity contribution in [3.8, 4) is 5.75 Å². The molecule has 0 aliphatic heterocycles. The number of rotatable bonds is 7. The number of alkyl halides is 3. The molecule has 2 N–H and O–H groups in total. The summed E-state index contributed by atoms with van der Waals surface area (Å²) >= 11 is 0. The molecular weight excluding hydrogens is 281 g/mol. The fourth-order valence-corrected chi connectivity index (χ4v) is 2.18. The molecule has 0 fully saturated rings. The number of para-hydroxylation sites is 1. The van der Waals surface area contributed by atoms with Gasteiger partial charge in [0.1, 0.15) is 5.75 Å². The molecule has 0 bridgehead atoms. The highest BCUT2D eigenvalue weighted by Gasteiger charge is 2.39. The molecule has 0 aliphatic carbocycles. The van der Waals surface area contributed by atoms with Crippen molar-refractivity contribution in [2.24, 2.45) is 11.7 Å². The van der Waals surface area contributed by atoms with E-state index in [0.29, 0.717) is 6.42 Å². The fraction of sp³-hybridized carbons (Fsp3) is 0.600. The van der Waals surface area contributed by atoms with Crippen molar-refractivity contribution in [3.63, 3.8) is 0 Å². The van der Waals surface area contributed by atoms with E-state index in [2.05, 4.69) is 0 Å². The normalized spacial score (nSPS) is 15.0. The van der Waals surface area contributed by atoms with Crippen LogP contribution in [0.1, 0.15) is 12.5 Å². The Morgan fingerprint density at radius 2 is 1.90 bits per heavy atom. The Bertz CT molecular complexity index is 437. The molecule has 2 atom stereocenters. The Morgan fingerprint density at radius 1 is 1.29 bits per heavy atom. The summed E-state index contributed by atoms with van der Waals surface area (Å²) in [6.45, 7) is 1.40. The molecule has 0 amide bonds. The van der Waals surface area contributed by atoms with Gasteiger partial charge < -0.3 is 15.4 Å². The minimum absolute atomic E-state index is 0.0438. The summed E-state index contributed by atoms with van der Waals surface area (Å²) in [5.74, 6) is -0.744. The van der Waals surface area contributed by atoms with Crippen LogP contribution in [0.3, 0.4) is 0 Å². The van der Waals surface area contributed by atoms with Crippen LogP contribution in [0.25, 0.3) is 0 Å². The SMILES string of the molecule is COc1ccccc1CC(C)N(C)CC(CN)C(F)(F)F. The van der Waals surface area contributed by atoms with Crippen molar-refractivity contribution in [2.75, 3.05) is 27.2 Å². The third-order valence-corrected chi connectivity index (χ3v) is 3.72. The Hall–Kier alpha value is -1.27. The first-order valence-corrected chi connectivity index (χ1v) is 6.88. The Kier molecular flexibility index (Phi) is 6.48. The molecule has 0 saturated carbocycles. The first kappa shape index (κ1) is 17.8. The van der Waals surface area contributed by atoms with Crippen molar-refractivity contribution in [1.82, 2.24) is 4.90 Å². The van der Waals surface area contributed by atoms with E-state index < -0.39 is 18.6 Å². The summed E-state index contributed by atoms with van der Waals surface area (Å²) in [6, 6.07) is 7.49. The van der Waals surface area contributed by atoms with Gasteiger partial charge in [-0.1, -0.05) is 18.2 Å². The summed E-state index contributed by atoms with van der Waals surface area (Å²) in [4.78, 5) is 1.69. The van der Waals surface area contributed by atoms with Gasteiger partial charge in [0.15, 0.2) is 0 Å². The van der Waals surface area contributed by atoms with Crippen molar-refractivity contribution < 1.29 is 17.9 Å². The lowest BCUT2D eigenvalue weighted by atomic mass is 10.0. The van der Waals surface area contributed by atoms with Crippen LogP contribution in [0.5, 0.6) is 5.75 Å². The molecule has 6 heteroatoms. The van der Waals surface area contributed by atoms with E-state index in [1.54, 1.807) is 19.1 Å². The summed E-state index contributed by atoms with van der Waals surface area (Å²) < 4.78 is 43.6. The third-order valence-electron chi connectivity index (χ3n) is 3.72. The van der Waals surface area contributed by atoms with Gasteiger partial charge in [0.05, 0.1) is 13.0 Å². The number of nitrogens with two attached hydrogens (primary N) is 1.